The van der Waals surface area contributed by atoms with Crippen LogP contribution in [0.4, 0.5) is 0 Å². The number of aliphatic hydroxyl groups excluding tert-OH is 1. The van der Waals surface area contributed by atoms with Gasteiger partial charge < -0.3 is 20.1 Å². The largest absolute Gasteiger partial charge is 0.389 e. The average Bonchev–Trinajstić information content (AvgIpc) is 2.39. The zero-order chi connectivity index (χ0) is 15.4. The fourth-order valence-corrected chi connectivity index (χ4v) is 2.32. The Morgan fingerprint density at radius 1 is 1.15 bits per heavy atom. The average molecular weight is 288 g/mol. The first kappa shape index (κ1) is 19.8. The zero-order valence-electron chi connectivity index (χ0n) is 14.2. The van der Waals surface area contributed by atoms with Gasteiger partial charge in [-0.1, -0.05) is 27.7 Å². The first-order chi connectivity index (χ1) is 9.49. The monoisotopic (exact) mass is 288 g/mol. The second-order valence-electron chi connectivity index (χ2n) is 6.07. The third kappa shape index (κ3) is 11.6. The van der Waals surface area contributed by atoms with E-state index in [0.29, 0.717) is 19.1 Å². The van der Waals surface area contributed by atoms with E-state index in [1.807, 2.05) is 0 Å². The van der Waals surface area contributed by atoms with Gasteiger partial charge in [0.15, 0.2) is 0 Å². The van der Waals surface area contributed by atoms with Gasteiger partial charge in [-0.05, 0) is 38.8 Å². The van der Waals surface area contributed by atoms with E-state index in [9.17, 15) is 5.11 Å². The SMILES string of the molecule is CCCN(CC)CCNCC(O)COC(C)CC(C)C. The van der Waals surface area contributed by atoms with E-state index in [4.69, 9.17) is 4.74 Å². The van der Waals surface area contributed by atoms with Crippen molar-refractivity contribution in [2.45, 2.75) is 59.7 Å². The van der Waals surface area contributed by atoms with Gasteiger partial charge in [-0.25, -0.2) is 0 Å². The maximum absolute atomic E-state index is 9.86. The van der Waals surface area contributed by atoms with Gasteiger partial charge in [0.1, 0.15) is 0 Å². The van der Waals surface area contributed by atoms with Gasteiger partial charge in [0.2, 0.25) is 0 Å². The van der Waals surface area contributed by atoms with Crippen molar-refractivity contribution < 1.29 is 9.84 Å². The highest BCUT2D eigenvalue weighted by molar-refractivity contribution is 4.63. The van der Waals surface area contributed by atoms with Crippen LogP contribution in [-0.4, -0.2) is 61.5 Å². The van der Waals surface area contributed by atoms with Crippen molar-refractivity contribution in [2.24, 2.45) is 5.92 Å². The van der Waals surface area contributed by atoms with Crippen LogP contribution >= 0.6 is 0 Å². The summed E-state index contributed by atoms with van der Waals surface area (Å²) in [5.74, 6) is 0.638. The summed E-state index contributed by atoms with van der Waals surface area (Å²) in [4.78, 5) is 2.42. The van der Waals surface area contributed by atoms with E-state index in [1.165, 1.54) is 6.42 Å². The molecule has 0 bridgehead atoms. The van der Waals surface area contributed by atoms with Crippen LogP contribution in [0.1, 0.15) is 47.5 Å². The predicted molar refractivity (Wildman–Crippen MR) is 86.2 cm³/mol. The Kier molecular flexibility index (Phi) is 12.5. The van der Waals surface area contributed by atoms with Gasteiger partial charge in [-0.15, -0.1) is 0 Å². The van der Waals surface area contributed by atoms with E-state index in [-0.39, 0.29) is 6.10 Å². The van der Waals surface area contributed by atoms with Crippen LogP contribution in [0.25, 0.3) is 0 Å². The molecule has 4 nitrogen and oxygen atoms in total. The maximum Gasteiger partial charge on any atom is 0.0897 e. The second kappa shape index (κ2) is 12.6. The lowest BCUT2D eigenvalue weighted by molar-refractivity contribution is -0.00854. The van der Waals surface area contributed by atoms with Crippen LogP contribution in [0, 0.1) is 5.92 Å². The lowest BCUT2D eigenvalue weighted by atomic mass is 10.1. The number of hydrogen-bond donors (Lipinski definition) is 2. The first-order valence-electron chi connectivity index (χ1n) is 8.22. The van der Waals surface area contributed by atoms with E-state index in [2.05, 4.69) is 44.8 Å². The minimum atomic E-state index is -0.411. The maximum atomic E-state index is 9.86. The van der Waals surface area contributed by atoms with Crippen LogP contribution < -0.4 is 5.32 Å². The molecule has 0 saturated heterocycles. The van der Waals surface area contributed by atoms with Crippen LogP contribution in [0.5, 0.6) is 0 Å². The number of ether oxygens (including phenoxy) is 1. The molecule has 122 valence electrons. The highest BCUT2D eigenvalue weighted by Crippen LogP contribution is 2.07. The molecule has 0 aromatic heterocycles. The molecule has 0 aromatic carbocycles. The van der Waals surface area contributed by atoms with E-state index >= 15 is 0 Å². The number of hydrogen-bond acceptors (Lipinski definition) is 4. The smallest absolute Gasteiger partial charge is 0.0897 e. The molecule has 0 fully saturated rings. The Labute approximate surface area is 125 Å². The molecule has 0 spiro atoms. The summed E-state index contributed by atoms with van der Waals surface area (Å²) in [5, 5.41) is 13.2. The molecular formula is C16H36N2O2. The summed E-state index contributed by atoms with van der Waals surface area (Å²) in [6, 6.07) is 0. The number of rotatable bonds is 13. The summed E-state index contributed by atoms with van der Waals surface area (Å²) in [6.07, 6.45) is 2.05. The molecule has 0 heterocycles. The standard InChI is InChI=1S/C16H36N2O2/c1-6-9-18(7-2)10-8-17-12-16(19)13-20-15(5)11-14(3)4/h14-17,19H,6-13H2,1-5H3. The normalized spacial score (nSPS) is 15.0. The molecule has 4 heteroatoms. The summed E-state index contributed by atoms with van der Waals surface area (Å²) in [6.45, 7) is 16.1. The van der Waals surface area contributed by atoms with Gasteiger partial charge in [0.25, 0.3) is 0 Å². The number of nitrogens with zero attached hydrogens (tertiary/aromatic N) is 1. The topological polar surface area (TPSA) is 44.7 Å². The minimum absolute atomic E-state index is 0.227. The van der Waals surface area contributed by atoms with Crippen molar-refractivity contribution in [3.63, 3.8) is 0 Å². The number of likely N-dealkylation sites (N-methyl/N-ethyl adjacent to an activating group) is 1. The van der Waals surface area contributed by atoms with Crippen LogP contribution in [0.2, 0.25) is 0 Å². The third-order valence-electron chi connectivity index (χ3n) is 3.35. The molecule has 0 radical (unpaired) electrons. The molecule has 0 aliphatic carbocycles. The number of nitrogens with one attached hydrogen (secondary N) is 1. The van der Waals surface area contributed by atoms with Crippen molar-refractivity contribution in [3.05, 3.63) is 0 Å². The molecule has 2 unspecified atom stereocenters. The minimum Gasteiger partial charge on any atom is -0.389 e. The molecule has 20 heavy (non-hydrogen) atoms. The van der Waals surface area contributed by atoms with Gasteiger partial charge in [0, 0.05) is 19.6 Å². The number of aliphatic hydroxyl groups is 1. The van der Waals surface area contributed by atoms with Crippen molar-refractivity contribution in [1.29, 1.82) is 0 Å². The molecule has 0 saturated carbocycles. The van der Waals surface area contributed by atoms with Crippen molar-refractivity contribution in [1.82, 2.24) is 10.2 Å². The predicted octanol–water partition coefficient (Wildman–Crippen LogP) is 2.12. The van der Waals surface area contributed by atoms with Crippen LogP contribution in [-0.2, 0) is 4.74 Å². The van der Waals surface area contributed by atoms with E-state index in [1.54, 1.807) is 0 Å². The van der Waals surface area contributed by atoms with Crippen molar-refractivity contribution >= 4 is 0 Å². The van der Waals surface area contributed by atoms with Gasteiger partial charge in [-0.2, -0.15) is 0 Å². The molecule has 0 aliphatic heterocycles. The zero-order valence-corrected chi connectivity index (χ0v) is 14.2. The Morgan fingerprint density at radius 3 is 2.40 bits per heavy atom. The van der Waals surface area contributed by atoms with Crippen LogP contribution in [0.15, 0.2) is 0 Å². The van der Waals surface area contributed by atoms with Crippen molar-refractivity contribution in [2.75, 3.05) is 39.3 Å². The molecule has 0 aromatic rings. The molecule has 0 amide bonds. The Hall–Kier alpha value is -0.160. The highest BCUT2D eigenvalue weighted by Gasteiger charge is 2.09. The Morgan fingerprint density at radius 2 is 1.85 bits per heavy atom. The van der Waals surface area contributed by atoms with Crippen molar-refractivity contribution in [3.8, 4) is 0 Å². The second-order valence-corrected chi connectivity index (χ2v) is 6.07. The molecule has 0 aliphatic rings. The summed E-state index contributed by atoms with van der Waals surface area (Å²) in [7, 11) is 0. The quantitative estimate of drug-likeness (QED) is 0.510. The molecule has 2 atom stereocenters. The van der Waals surface area contributed by atoms with Gasteiger partial charge in [-0.3, -0.25) is 0 Å². The fourth-order valence-electron chi connectivity index (χ4n) is 2.32. The molecule has 0 rings (SSSR count). The van der Waals surface area contributed by atoms with E-state index < -0.39 is 6.10 Å². The highest BCUT2D eigenvalue weighted by atomic mass is 16.5. The first-order valence-corrected chi connectivity index (χ1v) is 8.22. The van der Waals surface area contributed by atoms with E-state index in [0.717, 1.165) is 32.6 Å². The van der Waals surface area contributed by atoms with Gasteiger partial charge >= 0.3 is 0 Å². The lowest BCUT2D eigenvalue weighted by Gasteiger charge is -2.21. The van der Waals surface area contributed by atoms with Crippen LogP contribution in [0.3, 0.4) is 0 Å². The third-order valence-corrected chi connectivity index (χ3v) is 3.35. The Bertz CT molecular complexity index is 213. The Balaban J connectivity index is 3.55. The summed E-state index contributed by atoms with van der Waals surface area (Å²) >= 11 is 0. The fraction of sp³-hybridized carbons (Fsp3) is 1.00. The summed E-state index contributed by atoms with van der Waals surface area (Å²) < 4.78 is 5.65. The lowest BCUT2D eigenvalue weighted by Crippen LogP contribution is -2.37. The summed E-state index contributed by atoms with van der Waals surface area (Å²) in [5.41, 5.74) is 0. The van der Waals surface area contributed by atoms with Gasteiger partial charge in [0.05, 0.1) is 18.8 Å². The molecule has 2 N–H and O–H groups in total. The molecular weight excluding hydrogens is 252 g/mol.